The van der Waals surface area contributed by atoms with Gasteiger partial charge in [0.2, 0.25) is 0 Å². The molecule has 15 heavy (non-hydrogen) atoms. The molecule has 1 aliphatic heterocycles. The largest absolute Gasteiger partial charge is 0.391 e. The monoisotopic (exact) mass is 217 g/mol. The van der Waals surface area contributed by atoms with Crippen molar-refractivity contribution < 1.29 is 5.11 Å². The van der Waals surface area contributed by atoms with Crippen molar-refractivity contribution in [3.05, 3.63) is 0 Å². The highest BCUT2D eigenvalue weighted by Gasteiger charge is 2.24. The molecule has 0 aromatic rings. The molecule has 1 fully saturated rings. The van der Waals surface area contributed by atoms with E-state index in [1.807, 2.05) is 13.8 Å². The summed E-state index contributed by atoms with van der Waals surface area (Å²) in [6.07, 6.45) is 3.45. The Kier molecular flexibility index (Phi) is 13.8. The zero-order valence-electron chi connectivity index (χ0n) is 11.5. The molecule has 1 rings (SSSR count). The maximum Gasteiger partial charge on any atom is 0.0716 e. The minimum atomic E-state index is -0.150. The quantitative estimate of drug-likeness (QED) is 0.744. The summed E-state index contributed by atoms with van der Waals surface area (Å²) in [4.78, 5) is 0. The van der Waals surface area contributed by atoms with E-state index < -0.39 is 0 Å². The molecule has 0 bridgehead atoms. The predicted octanol–water partition coefficient (Wildman–Crippen LogP) is 3.20. The molecule has 1 aliphatic rings. The van der Waals surface area contributed by atoms with Crippen molar-refractivity contribution in [2.45, 2.75) is 73.0 Å². The second-order valence-corrected chi connectivity index (χ2v) is 4.14. The Morgan fingerprint density at radius 3 is 2.00 bits per heavy atom. The fourth-order valence-electron chi connectivity index (χ4n) is 1.47. The van der Waals surface area contributed by atoms with Crippen molar-refractivity contribution in [3.8, 4) is 0 Å². The smallest absolute Gasteiger partial charge is 0.0716 e. The van der Waals surface area contributed by atoms with Crippen LogP contribution in [0.15, 0.2) is 0 Å². The summed E-state index contributed by atoms with van der Waals surface area (Å²) in [7, 11) is 0. The van der Waals surface area contributed by atoms with Gasteiger partial charge in [-0.25, -0.2) is 0 Å². The van der Waals surface area contributed by atoms with E-state index in [0.29, 0.717) is 12.0 Å². The lowest BCUT2D eigenvalue weighted by molar-refractivity contribution is 0.0906. The van der Waals surface area contributed by atoms with Gasteiger partial charge >= 0.3 is 0 Å². The van der Waals surface area contributed by atoms with Gasteiger partial charge in [-0.05, 0) is 25.3 Å². The molecule has 2 atom stereocenters. The number of rotatable bonds is 2. The molecule has 2 unspecified atom stereocenters. The summed E-state index contributed by atoms with van der Waals surface area (Å²) in [5.41, 5.74) is 0. The van der Waals surface area contributed by atoms with Crippen LogP contribution in [0.2, 0.25) is 0 Å². The molecule has 0 spiro atoms. The van der Waals surface area contributed by atoms with Crippen LogP contribution in [-0.4, -0.2) is 23.8 Å². The predicted molar refractivity (Wildman–Crippen MR) is 69.2 cm³/mol. The molecule has 0 aromatic heterocycles. The third-order valence-electron chi connectivity index (χ3n) is 2.19. The third-order valence-corrected chi connectivity index (χ3v) is 2.19. The molecular formula is C13H31NO. The Bertz CT molecular complexity index is 109. The second kappa shape index (κ2) is 12.0. The van der Waals surface area contributed by atoms with E-state index in [4.69, 9.17) is 0 Å². The van der Waals surface area contributed by atoms with Gasteiger partial charge < -0.3 is 10.4 Å². The van der Waals surface area contributed by atoms with Crippen molar-refractivity contribution >= 4 is 0 Å². The van der Waals surface area contributed by atoms with E-state index in [0.717, 1.165) is 13.0 Å². The van der Waals surface area contributed by atoms with Crippen LogP contribution in [0.1, 0.15) is 60.8 Å². The fraction of sp³-hybridized carbons (Fsp3) is 1.00. The Morgan fingerprint density at radius 1 is 1.27 bits per heavy atom. The molecule has 2 heteroatoms. The van der Waals surface area contributed by atoms with Gasteiger partial charge in [-0.1, -0.05) is 48.0 Å². The zero-order valence-corrected chi connectivity index (χ0v) is 11.5. The van der Waals surface area contributed by atoms with E-state index in [9.17, 15) is 5.11 Å². The maximum atomic E-state index is 9.56. The van der Waals surface area contributed by atoms with Crippen LogP contribution in [0.5, 0.6) is 0 Å². The van der Waals surface area contributed by atoms with Crippen LogP contribution < -0.4 is 5.32 Å². The Balaban J connectivity index is 0. The summed E-state index contributed by atoms with van der Waals surface area (Å²) >= 11 is 0. The van der Waals surface area contributed by atoms with Crippen LogP contribution in [0.4, 0.5) is 0 Å². The van der Waals surface area contributed by atoms with Gasteiger partial charge in [-0.2, -0.15) is 0 Å². The Morgan fingerprint density at radius 2 is 1.73 bits per heavy atom. The summed E-state index contributed by atoms with van der Waals surface area (Å²) in [5, 5.41) is 12.9. The lowest BCUT2D eigenvalue weighted by Gasteiger charge is -2.21. The molecule has 0 radical (unpaired) electrons. The topological polar surface area (TPSA) is 32.3 Å². The van der Waals surface area contributed by atoms with E-state index in [-0.39, 0.29) is 6.10 Å². The first-order valence-corrected chi connectivity index (χ1v) is 6.54. The van der Waals surface area contributed by atoms with E-state index in [1.54, 1.807) is 0 Å². The Hall–Kier alpha value is -0.0800. The molecule has 2 N–H and O–H groups in total. The summed E-state index contributed by atoms with van der Waals surface area (Å²) in [5.74, 6) is 0.385. The van der Waals surface area contributed by atoms with Crippen molar-refractivity contribution in [1.29, 1.82) is 0 Å². The lowest BCUT2D eigenvalue weighted by Crippen LogP contribution is -2.37. The van der Waals surface area contributed by atoms with Crippen LogP contribution in [0, 0.1) is 5.92 Å². The van der Waals surface area contributed by atoms with Crippen molar-refractivity contribution in [3.63, 3.8) is 0 Å². The molecular weight excluding hydrogens is 186 g/mol. The maximum absolute atomic E-state index is 9.56. The van der Waals surface area contributed by atoms with E-state index >= 15 is 0 Å². The van der Waals surface area contributed by atoms with Crippen molar-refractivity contribution in [2.75, 3.05) is 6.54 Å². The number of aliphatic hydroxyl groups excluding tert-OH is 1. The average Bonchev–Trinajstić information content (AvgIpc) is 2.73. The number of hydrogen-bond acceptors (Lipinski definition) is 2. The highest BCUT2D eigenvalue weighted by atomic mass is 16.3. The minimum absolute atomic E-state index is 0.150. The van der Waals surface area contributed by atoms with Gasteiger partial charge in [-0.3, -0.25) is 0 Å². The zero-order chi connectivity index (χ0) is 12.3. The van der Waals surface area contributed by atoms with Crippen molar-refractivity contribution in [2.24, 2.45) is 5.92 Å². The van der Waals surface area contributed by atoms with Crippen LogP contribution in [0.3, 0.4) is 0 Å². The first kappa shape index (κ1) is 17.3. The van der Waals surface area contributed by atoms with E-state index in [2.05, 4.69) is 33.0 Å². The Labute approximate surface area is 96.5 Å². The van der Waals surface area contributed by atoms with E-state index in [1.165, 1.54) is 12.8 Å². The van der Waals surface area contributed by atoms with Crippen LogP contribution >= 0.6 is 0 Å². The molecule has 1 saturated heterocycles. The molecule has 0 saturated carbocycles. The molecule has 94 valence electrons. The van der Waals surface area contributed by atoms with Gasteiger partial charge in [0.25, 0.3) is 0 Å². The fourth-order valence-corrected chi connectivity index (χ4v) is 1.47. The van der Waals surface area contributed by atoms with Crippen LogP contribution in [0.25, 0.3) is 0 Å². The standard InChI is InChI=1S/C8H17NO.C3H8.C2H6/c1-6(2)8(10)7-4-3-5-9-7;1-3-2;1-2/h6-10H,3-5H2,1-2H3;3H2,1-2H3;1-2H3. The third kappa shape index (κ3) is 8.88. The number of nitrogens with one attached hydrogen (secondary N) is 1. The average molecular weight is 217 g/mol. The highest BCUT2D eigenvalue weighted by Crippen LogP contribution is 2.14. The SMILES string of the molecule is CC.CC(C)C(O)C1CCCN1.CCC. The molecule has 0 aromatic carbocycles. The molecule has 0 amide bonds. The highest BCUT2D eigenvalue weighted by molar-refractivity contribution is 4.82. The molecule has 2 nitrogen and oxygen atoms in total. The molecule has 1 heterocycles. The minimum Gasteiger partial charge on any atom is -0.391 e. The van der Waals surface area contributed by atoms with Gasteiger partial charge in [-0.15, -0.1) is 0 Å². The molecule has 0 aliphatic carbocycles. The summed E-state index contributed by atoms with van der Waals surface area (Å²) in [6.45, 7) is 13.4. The van der Waals surface area contributed by atoms with Crippen molar-refractivity contribution in [1.82, 2.24) is 5.32 Å². The van der Waals surface area contributed by atoms with Gasteiger partial charge in [0, 0.05) is 6.04 Å². The normalized spacial score (nSPS) is 21.2. The second-order valence-electron chi connectivity index (χ2n) is 4.14. The van der Waals surface area contributed by atoms with Gasteiger partial charge in [0.15, 0.2) is 0 Å². The van der Waals surface area contributed by atoms with Gasteiger partial charge in [0.1, 0.15) is 0 Å². The number of aliphatic hydroxyl groups is 1. The number of hydrogen-bond donors (Lipinski definition) is 2. The first-order valence-electron chi connectivity index (χ1n) is 6.54. The summed E-state index contributed by atoms with van der Waals surface area (Å²) in [6, 6.07) is 0.361. The van der Waals surface area contributed by atoms with Crippen LogP contribution in [-0.2, 0) is 0 Å². The summed E-state index contributed by atoms with van der Waals surface area (Å²) < 4.78 is 0. The lowest BCUT2D eigenvalue weighted by atomic mass is 9.99. The van der Waals surface area contributed by atoms with Gasteiger partial charge in [0.05, 0.1) is 6.10 Å². The first-order chi connectivity index (χ1) is 7.13.